The number of hydrogen-bond donors (Lipinski definition) is 1. The third kappa shape index (κ3) is 3.82. The van der Waals surface area contributed by atoms with E-state index in [9.17, 15) is 4.79 Å². The Morgan fingerprint density at radius 2 is 2.10 bits per heavy atom. The van der Waals surface area contributed by atoms with Gasteiger partial charge in [-0.25, -0.2) is 4.98 Å². The lowest BCUT2D eigenvalue weighted by Gasteiger charge is -2.37. The Kier molecular flexibility index (Phi) is 5.35. The number of rotatable bonds is 3. The monoisotopic (exact) mass is 428 g/mol. The number of piperazine rings is 1. The van der Waals surface area contributed by atoms with Gasteiger partial charge in [-0.05, 0) is 24.6 Å². The molecule has 7 nitrogen and oxygen atoms in total. The molecule has 3 aliphatic rings. The van der Waals surface area contributed by atoms with E-state index in [-0.39, 0.29) is 11.9 Å². The molecule has 0 bridgehead atoms. The Balaban J connectivity index is 1.18. The maximum Gasteiger partial charge on any atom is 0.240 e. The molecule has 29 heavy (non-hydrogen) atoms. The molecule has 0 aliphatic carbocycles. The Labute approximate surface area is 178 Å². The molecule has 1 aromatic heterocycles. The van der Waals surface area contributed by atoms with Gasteiger partial charge in [0.1, 0.15) is 0 Å². The van der Waals surface area contributed by atoms with Crippen molar-refractivity contribution in [2.75, 3.05) is 55.8 Å². The van der Waals surface area contributed by atoms with Crippen molar-refractivity contribution >= 4 is 44.4 Å². The van der Waals surface area contributed by atoms with Gasteiger partial charge in [-0.15, -0.1) is 11.8 Å². The first-order valence-corrected chi connectivity index (χ1v) is 12.1. The molecule has 0 radical (unpaired) electrons. The standard InChI is InChI=1S/C20H24N6OS2/c21-11-14-1-2-18-16(9-14)23-20(29-18)25-5-3-24(4-6-25)15-10-17(22-12-15)19(27)26-7-8-28-13-26/h1-2,9,15,17,22H,3-8,10,12-13H2/t15-,17-/m0/s1. The molecule has 3 aliphatic heterocycles. The molecular formula is C20H24N6OS2. The number of nitrogens with zero attached hydrogens (tertiary/aromatic N) is 5. The minimum absolute atomic E-state index is 0.0182. The van der Waals surface area contributed by atoms with Crippen LogP contribution >= 0.6 is 23.1 Å². The predicted octanol–water partition coefficient (Wildman–Crippen LogP) is 1.55. The zero-order valence-electron chi connectivity index (χ0n) is 16.2. The summed E-state index contributed by atoms with van der Waals surface area (Å²) in [4.78, 5) is 24.3. The number of anilines is 1. The summed E-state index contributed by atoms with van der Waals surface area (Å²) in [6, 6.07) is 8.32. The lowest BCUT2D eigenvalue weighted by atomic mass is 10.1. The van der Waals surface area contributed by atoms with Crippen LogP contribution in [0.25, 0.3) is 10.2 Å². The van der Waals surface area contributed by atoms with Gasteiger partial charge in [0, 0.05) is 51.1 Å². The van der Waals surface area contributed by atoms with Gasteiger partial charge in [-0.1, -0.05) is 11.3 Å². The summed E-state index contributed by atoms with van der Waals surface area (Å²) < 4.78 is 1.13. The summed E-state index contributed by atoms with van der Waals surface area (Å²) in [7, 11) is 0. The molecule has 3 saturated heterocycles. The van der Waals surface area contributed by atoms with Gasteiger partial charge in [0.15, 0.2) is 5.13 Å². The second-order valence-electron chi connectivity index (χ2n) is 7.80. The lowest BCUT2D eigenvalue weighted by molar-refractivity contribution is -0.131. The van der Waals surface area contributed by atoms with E-state index in [4.69, 9.17) is 10.2 Å². The highest BCUT2D eigenvalue weighted by atomic mass is 32.2. The highest BCUT2D eigenvalue weighted by molar-refractivity contribution is 7.99. The van der Waals surface area contributed by atoms with Crippen LogP contribution in [0.5, 0.6) is 0 Å². The number of carbonyl (C=O) groups is 1. The number of thioether (sulfide) groups is 1. The van der Waals surface area contributed by atoms with Crippen molar-refractivity contribution in [1.82, 2.24) is 20.1 Å². The zero-order chi connectivity index (χ0) is 19.8. The largest absolute Gasteiger partial charge is 0.345 e. The van der Waals surface area contributed by atoms with Crippen LogP contribution in [0.4, 0.5) is 5.13 Å². The SMILES string of the molecule is N#Cc1ccc2sc(N3CCN([C@@H]4CN[C@H](C(=O)N5CCSC5)C4)CC3)nc2c1. The van der Waals surface area contributed by atoms with Gasteiger partial charge in [-0.3, -0.25) is 9.69 Å². The van der Waals surface area contributed by atoms with Crippen LogP contribution in [0, 0.1) is 11.3 Å². The smallest absolute Gasteiger partial charge is 0.240 e. The van der Waals surface area contributed by atoms with Crippen LogP contribution in [0.2, 0.25) is 0 Å². The third-order valence-corrected chi connectivity index (χ3v) is 8.14. The van der Waals surface area contributed by atoms with E-state index < -0.39 is 0 Å². The van der Waals surface area contributed by atoms with Crippen LogP contribution < -0.4 is 10.2 Å². The Bertz CT molecular complexity index is 942. The number of amides is 1. The fraction of sp³-hybridized carbons (Fsp3) is 0.550. The fourth-order valence-corrected chi connectivity index (χ4v) is 6.34. The molecule has 0 spiro atoms. The molecule has 0 saturated carbocycles. The number of aromatic nitrogens is 1. The molecule has 1 aromatic carbocycles. The third-order valence-electron chi connectivity index (χ3n) is 6.08. The van der Waals surface area contributed by atoms with Gasteiger partial charge in [0.05, 0.1) is 33.8 Å². The molecule has 0 unspecified atom stereocenters. The summed E-state index contributed by atoms with van der Waals surface area (Å²) in [6.07, 6.45) is 0.915. The minimum Gasteiger partial charge on any atom is -0.345 e. The summed E-state index contributed by atoms with van der Waals surface area (Å²) in [5, 5.41) is 13.6. The second kappa shape index (κ2) is 8.11. The molecule has 4 heterocycles. The highest BCUT2D eigenvalue weighted by Crippen LogP contribution is 2.30. The second-order valence-corrected chi connectivity index (χ2v) is 9.89. The number of thiazole rings is 1. The van der Waals surface area contributed by atoms with Crippen LogP contribution in [-0.4, -0.2) is 83.7 Å². The first-order chi connectivity index (χ1) is 14.2. The van der Waals surface area contributed by atoms with E-state index in [0.29, 0.717) is 11.6 Å². The Morgan fingerprint density at radius 1 is 1.24 bits per heavy atom. The summed E-state index contributed by atoms with van der Waals surface area (Å²) in [5.41, 5.74) is 1.57. The van der Waals surface area contributed by atoms with Crippen molar-refractivity contribution in [3.8, 4) is 6.07 Å². The number of hydrogen-bond acceptors (Lipinski definition) is 8. The van der Waals surface area contributed by atoms with Gasteiger partial charge in [0.25, 0.3) is 0 Å². The lowest BCUT2D eigenvalue weighted by Crippen LogP contribution is -2.51. The van der Waals surface area contributed by atoms with Crippen LogP contribution in [0.3, 0.4) is 0 Å². The average molecular weight is 429 g/mol. The summed E-state index contributed by atoms with van der Waals surface area (Å²) in [6.45, 7) is 5.67. The molecule has 3 fully saturated rings. The van der Waals surface area contributed by atoms with E-state index >= 15 is 0 Å². The van der Waals surface area contributed by atoms with Gasteiger partial charge in [0.2, 0.25) is 5.91 Å². The molecule has 2 aromatic rings. The van der Waals surface area contributed by atoms with E-state index in [2.05, 4.69) is 21.2 Å². The Morgan fingerprint density at radius 3 is 2.86 bits per heavy atom. The number of nitriles is 1. The van der Waals surface area contributed by atoms with Crippen molar-refractivity contribution in [2.45, 2.75) is 18.5 Å². The zero-order valence-corrected chi connectivity index (χ0v) is 17.8. The number of benzene rings is 1. The molecular weight excluding hydrogens is 404 g/mol. The van der Waals surface area contributed by atoms with Crippen molar-refractivity contribution in [3.63, 3.8) is 0 Å². The van der Waals surface area contributed by atoms with Gasteiger partial charge < -0.3 is 15.1 Å². The van der Waals surface area contributed by atoms with Crippen molar-refractivity contribution in [1.29, 1.82) is 5.26 Å². The normalized spacial score (nSPS) is 25.6. The van der Waals surface area contributed by atoms with Gasteiger partial charge in [-0.2, -0.15) is 5.26 Å². The summed E-state index contributed by atoms with van der Waals surface area (Å²) >= 11 is 3.54. The van der Waals surface area contributed by atoms with Crippen LogP contribution in [0.15, 0.2) is 18.2 Å². The first-order valence-electron chi connectivity index (χ1n) is 10.1. The molecule has 1 N–H and O–H groups in total. The molecule has 152 valence electrons. The maximum atomic E-state index is 12.6. The van der Waals surface area contributed by atoms with E-state index in [0.717, 1.165) is 72.7 Å². The molecule has 9 heteroatoms. The summed E-state index contributed by atoms with van der Waals surface area (Å²) in [5.74, 6) is 2.19. The van der Waals surface area contributed by atoms with E-state index in [1.165, 1.54) is 0 Å². The Hall–Kier alpha value is -1.86. The van der Waals surface area contributed by atoms with E-state index in [1.807, 2.05) is 34.9 Å². The fourth-order valence-electron chi connectivity index (χ4n) is 4.39. The number of fused-ring (bicyclic) bond motifs is 1. The number of nitrogens with one attached hydrogen (secondary N) is 1. The quantitative estimate of drug-likeness (QED) is 0.795. The van der Waals surface area contributed by atoms with Crippen LogP contribution in [0.1, 0.15) is 12.0 Å². The highest BCUT2D eigenvalue weighted by Gasteiger charge is 2.36. The predicted molar refractivity (Wildman–Crippen MR) is 117 cm³/mol. The maximum absolute atomic E-state index is 12.6. The molecule has 1 amide bonds. The number of carbonyl (C=O) groups excluding carboxylic acids is 1. The average Bonchev–Trinajstić information content (AvgIpc) is 3.53. The van der Waals surface area contributed by atoms with Gasteiger partial charge >= 0.3 is 0 Å². The minimum atomic E-state index is -0.0182. The first kappa shape index (κ1) is 19.1. The molecule has 2 atom stereocenters. The van der Waals surface area contributed by atoms with Crippen molar-refractivity contribution in [2.24, 2.45) is 0 Å². The van der Waals surface area contributed by atoms with E-state index in [1.54, 1.807) is 11.3 Å². The molecule has 5 rings (SSSR count). The van der Waals surface area contributed by atoms with Crippen molar-refractivity contribution in [3.05, 3.63) is 23.8 Å². The van der Waals surface area contributed by atoms with Crippen molar-refractivity contribution < 1.29 is 4.79 Å². The topological polar surface area (TPSA) is 75.5 Å². The van der Waals surface area contributed by atoms with Crippen LogP contribution in [-0.2, 0) is 4.79 Å².